The SMILES string of the molecule is COc1ccccc1N(C)CC1Cc2ccccc2CN1. The van der Waals surface area contributed by atoms with E-state index in [1.165, 1.54) is 11.1 Å². The van der Waals surface area contributed by atoms with E-state index in [9.17, 15) is 0 Å². The number of rotatable bonds is 4. The average molecular weight is 282 g/mol. The van der Waals surface area contributed by atoms with Gasteiger partial charge < -0.3 is 15.0 Å². The summed E-state index contributed by atoms with van der Waals surface area (Å²) in [5, 5.41) is 3.63. The molecule has 0 saturated carbocycles. The van der Waals surface area contributed by atoms with Crippen molar-refractivity contribution in [2.45, 2.75) is 19.0 Å². The Labute approximate surface area is 126 Å². The van der Waals surface area contributed by atoms with E-state index in [4.69, 9.17) is 4.74 Å². The van der Waals surface area contributed by atoms with E-state index in [0.29, 0.717) is 6.04 Å². The summed E-state index contributed by atoms with van der Waals surface area (Å²) < 4.78 is 5.45. The van der Waals surface area contributed by atoms with Crippen LogP contribution in [0.2, 0.25) is 0 Å². The number of nitrogens with zero attached hydrogens (tertiary/aromatic N) is 1. The van der Waals surface area contributed by atoms with Gasteiger partial charge >= 0.3 is 0 Å². The second-order valence-corrected chi connectivity index (χ2v) is 5.60. The first-order valence-corrected chi connectivity index (χ1v) is 7.42. The average Bonchev–Trinajstić information content (AvgIpc) is 2.54. The molecular formula is C18H22N2O. The topological polar surface area (TPSA) is 24.5 Å². The van der Waals surface area contributed by atoms with Gasteiger partial charge in [0.05, 0.1) is 12.8 Å². The molecule has 3 heteroatoms. The van der Waals surface area contributed by atoms with Crippen LogP contribution in [0.4, 0.5) is 5.69 Å². The summed E-state index contributed by atoms with van der Waals surface area (Å²) in [7, 11) is 3.85. The van der Waals surface area contributed by atoms with Crippen LogP contribution in [0.1, 0.15) is 11.1 Å². The minimum atomic E-state index is 0.467. The third-order valence-corrected chi connectivity index (χ3v) is 4.16. The largest absolute Gasteiger partial charge is 0.495 e. The summed E-state index contributed by atoms with van der Waals surface area (Å²) in [4.78, 5) is 2.27. The molecule has 0 radical (unpaired) electrons. The molecule has 0 saturated heterocycles. The Morgan fingerprint density at radius 1 is 1.10 bits per heavy atom. The number of para-hydroxylation sites is 2. The zero-order chi connectivity index (χ0) is 14.7. The molecular weight excluding hydrogens is 260 g/mol. The number of hydrogen-bond donors (Lipinski definition) is 1. The van der Waals surface area contributed by atoms with Crippen LogP contribution < -0.4 is 15.0 Å². The lowest BCUT2D eigenvalue weighted by Gasteiger charge is -2.31. The standard InChI is InChI=1S/C18H22N2O/c1-20(17-9-5-6-10-18(17)21-2)13-16-11-14-7-3-4-8-15(14)12-19-16/h3-10,16,19H,11-13H2,1-2H3. The molecule has 2 aromatic carbocycles. The van der Waals surface area contributed by atoms with Gasteiger partial charge in [-0.1, -0.05) is 36.4 Å². The molecule has 1 heterocycles. The van der Waals surface area contributed by atoms with E-state index in [0.717, 1.165) is 30.9 Å². The van der Waals surface area contributed by atoms with Crippen molar-refractivity contribution in [3.8, 4) is 5.75 Å². The van der Waals surface area contributed by atoms with Gasteiger partial charge in [-0.15, -0.1) is 0 Å². The fourth-order valence-corrected chi connectivity index (χ4v) is 3.02. The van der Waals surface area contributed by atoms with E-state index < -0.39 is 0 Å². The molecule has 21 heavy (non-hydrogen) atoms. The first-order chi connectivity index (χ1) is 10.3. The predicted octanol–water partition coefficient (Wildman–Crippen LogP) is 2.85. The van der Waals surface area contributed by atoms with E-state index in [1.54, 1.807) is 7.11 Å². The van der Waals surface area contributed by atoms with Crippen LogP contribution in [0.25, 0.3) is 0 Å². The highest BCUT2D eigenvalue weighted by Gasteiger charge is 2.19. The number of nitrogens with one attached hydrogen (secondary N) is 1. The Balaban J connectivity index is 1.70. The van der Waals surface area contributed by atoms with E-state index in [2.05, 4.69) is 53.7 Å². The molecule has 0 amide bonds. The van der Waals surface area contributed by atoms with Crippen molar-refractivity contribution >= 4 is 5.69 Å². The number of anilines is 1. The first-order valence-electron chi connectivity index (χ1n) is 7.42. The highest BCUT2D eigenvalue weighted by molar-refractivity contribution is 5.58. The van der Waals surface area contributed by atoms with E-state index >= 15 is 0 Å². The van der Waals surface area contributed by atoms with Gasteiger partial charge in [-0.05, 0) is 29.7 Å². The van der Waals surface area contributed by atoms with E-state index in [-0.39, 0.29) is 0 Å². The number of likely N-dealkylation sites (N-methyl/N-ethyl adjacent to an activating group) is 1. The number of methoxy groups -OCH3 is 1. The van der Waals surface area contributed by atoms with Gasteiger partial charge in [-0.25, -0.2) is 0 Å². The highest BCUT2D eigenvalue weighted by Crippen LogP contribution is 2.27. The molecule has 1 aliphatic heterocycles. The number of hydrogen-bond acceptors (Lipinski definition) is 3. The van der Waals surface area contributed by atoms with Gasteiger partial charge in [-0.3, -0.25) is 0 Å². The number of benzene rings is 2. The molecule has 3 rings (SSSR count). The summed E-state index contributed by atoms with van der Waals surface area (Å²) in [5.74, 6) is 0.927. The van der Waals surface area contributed by atoms with Crippen molar-refractivity contribution in [1.29, 1.82) is 0 Å². The van der Waals surface area contributed by atoms with Crippen molar-refractivity contribution < 1.29 is 4.74 Å². The first kappa shape index (κ1) is 14.0. The maximum absolute atomic E-state index is 5.45. The molecule has 1 N–H and O–H groups in total. The van der Waals surface area contributed by atoms with E-state index in [1.807, 2.05) is 12.1 Å². The smallest absolute Gasteiger partial charge is 0.142 e. The van der Waals surface area contributed by atoms with Crippen molar-refractivity contribution in [3.05, 3.63) is 59.7 Å². The molecule has 0 bridgehead atoms. The fraction of sp³-hybridized carbons (Fsp3) is 0.333. The Morgan fingerprint density at radius 2 is 1.81 bits per heavy atom. The minimum Gasteiger partial charge on any atom is -0.495 e. The van der Waals surface area contributed by atoms with Crippen LogP contribution in [0.5, 0.6) is 5.75 Å². The molecule has 0 aromatic heterocycles. The van der Waals surface area contributed by atoms with Gasteiger partial charge in [0.15, 0.2) is 0 Å². The molecule has 2 aromatic rings. The second kappa shape index (κ2) is 6.19. The zero-order valence-corrected chi connectivity index (χ0v) is 12.7. The van der Waals surface area contributed by atoms with Crippen LogP contribution >= 0.6 is 0 Å². The monoisotopic (exact) mass is 282 g/mol. The highest BCUT2D eigenvalue weighted by atomic mass is 16.5. The summed E-state index contributed by atoms with van der Waals surface area (Å²) in [6.45, 7) is 1.93. The normalized spacial score (nSPS) is 17.1. The molecule has 110 valence electrons. The van der Waals surface area contributed by atoms with Gasteiger partial charge in [0.25, 0.3) is 0 Å². The summed E-state index contributed by atoms with van der Waals surface area (Å²) in [6.07, 6.45) is 1.08. The van der Waals surface area contributed by atoms with Crippen molar-refractivity contribution in [2.75, 3.05) is 25.6 Å². The molecule has 3 nitrogen and oxygen atoms in total. The Kier molecular flexibility index (Phi) is 4.11. The van der Waals surface area contributed by atoms with Gasteiger partial charge in [-0.2, -0.15) is 0 Å². The Morgan fingerprint density at radius 3 is 2.62 bits per heavy atom. The van der Waals surface area contributed by atoms with Crippen molar-refractivity contribution in [1.82, 2.24) is 5.32 Å². The van der Waals surface area contributed by atoms with Crippen LogP contribution in [-0.4, -0.2) is 26.7 Å². The molecule has 0 fully saturated rings. The predicted molar refractivity (Wildman–Crippen MR) is 87.0 cm³/mol. The fourth-order valence-electron chi connectivity index (χ4n) is 3.02. The van der Waals surface area contributed by atoms with Crippen LogP contribution in [-0.2, 0) is 13.0 Å². The summed E-state index contributed by atoms with van der Waals surface area (Å²) in [5.41, 5.74) is 4.03. The number of ether oxygens (including phenoxy) is 1. The molecule has 0 spiro atoms. The van der Waals surface area contributed by atoms with Gasteiger partial charge in [0.2, 0.25) is 0 Å². The third kappa shape index (κ3) is 3.03. The maximum Gasteiger partial charge on any atom is 0.142 e. The zero-order valence-electron chi connectivity index (χ0n) is 12.7. The minimum absolute atomic E-state index is 0.467. The molecule has 1 aliphatic rings. The third-order valence-electron chi connectivity index (χ3n) is 4.16. The van der Waals surface area contributed by atoms with Gasteiger partial charge in [0.1, 0.15) is 5.75 Å². The van der Waals surface area contributed by atoms with Crippen molar-refractivity contribution in [3.63, 3.8) is 0 Å². The molecule has 1 unspecified atom stereocenters. The quantitative estimate of drug-likeness (QED) is 0.933. The Hall–Kier alpha value is -2.00. The molecule has 1 atom stereocenters. The van der Waals surface area contributed by atoms with Crippen LogP contribution in [0.3, 0.4) is 0 Å². The number of fused-ring (bicyclic) bond motifs is 1. The van der Waals surface area contributed by atoms with Gasteiger partial charge in [0, 0.05) is 26.2 Å². The lowest BCUT2D eigenvalue weighted by molar-refractivity contribution is 0.413. The Bertz CT molecular complexity index is 612. The summed E-state index contributed by atoms with van der Waals surface area (Å²) in [6, 6.07) is 17.3. The second-order valence-electron chi connectivity index (χ2n) is 5.60. The van der Waals surface area contributed by atoms with Crippen LogP contribution in [0, 0.1) is 0 Å². The van der Waals surface area contributed by atoms with Crippen molar-refractivity contribution in [2.24, 2.45) is 0 Å². The molecule has 0 aliphatic carbocycles. The lowest BCUT2D eigenvalue weighted by Crippen LogP contribution is -2.43. The summed E-state index contributed by atoms with van der Waals surface area (Å²) >= 11 is 0. The lowest BCUT2D eigenvalue weighted by atomic mass is 9.95. The maximum atomic E-state index is 5.45. The van der Waals surface area contributed by atoms with Crippen LogP contribution in [0.15, 0.2) is 48.5 Å².